The van der Waals surface area contributed by atoms with Crippen LogP contribution in [0.25, 0.3) is 0 Å². The van der Waals surface area contributed by atoms with Crippen molar-refractivity contribution >= 4 is 29.9 Å². The molecular weight excluding hydrogens is 254 g/mol. The van der Waals surface area contributed by atoms with E-state index in [1.165, 1.54) is 12.1 Å². The van der Waals surface area contributed by atoms with Crippen molar-refractivity contribution in [1.82, 2.24) is 5.32 Å². The first kappa shape index (κ1) is 15.2. The van der Waals surface area contributed by atoms with Gasteiger partial charge < -0.3 is 11.1 Å². The van der Waals surface area contributed by atoms with Crippen LogP contribution >= 0.6 is 24.0 Å². The molecule has 0 aliphatic heterocycles. The molecule has 16 heavy (non-hydrogen) atoms. The van der Waals surface area contributed by atoms with Gasteiger partial charge in [-0.25, -0.2) is 4.39 Å². The number of hydrogen-bond acceptors (Lipinski definition) is 2. The Morgan fingerprint density at radius 3 is 2.75 bits per heavy atom. The number of nitrogens with two attached hydrogens (primary N) is 1. The fourth-order valence-electron chi connectivity index (χ4n) is 1.07. The van der Waals surface area contributed by atoms with Crippen LogP contribution in [0, 0.1) is 5.82 Å². The summed E-state index contributed by atoms with van der Waals surface area (Å²) in [5.74, 6) is -1.06. The third-order valence-electron chi connectivity index (χ3n) is 1.84. The van der Waals surface area contributed by atoms with Crippen LogP contribution in [0.5, 0.6) is 0 Å². The minimum atomic E-state index is -0.618. The lowest BCUT2D eigenvalue weighted by atomic mass is 10.2. The number of hydrogen-bond donors (Lipinski definition) is 2. The lowest BCUT2D eigenvalue weighted by molar-refractivity contribution is 0.0949. The summed E-state index contributed by atoms with van der Waals surface area (Å²) in [4.78, 5) is 11.4. The maximum absolute atomic E-state index is 13.2. The minimum Gasteiger partial charge on any atom is -0.352 e. The molecule has 90 valence electrons. The first-order chi connectivity index (χ1) is 7.15. The lowest BCUT2D eigenvalue weighted by Crippen LogP contribution is -2.26. The van der Waals surface area contributed by atoms with Crippen LogP contribution in [0.1, 0.15) is 16.8 Å². The fourth-order valence-corrected chi connectivity index (χ4v) is 1.23. The van der Waals surface area contributed by atoms with E-state index < -0.39 is 11.7 Å². The first-order valence-corrected chi connectivity index (χ1v) is 4.96. The van der Waals surface area contributed by atoms with Crippen LogP contribution in [0.15, 0.2) is 18.2 Å². The molecule has 0 fully saturated rings. The summed E-state index contributed by atoms with van der Waals surface area (Å²) in [5, 5.41) is 2.83. The lowest BCUT2D eigenvalue weighted by Gasteiger charge is -2.05. The van der Waals surface area contributed by atoms with Gasteiger partial charge in [0.2, 0.25) is 0 Å². The zero-order valence-corrected chi connectivity index (χ0v) is 10.1. The van der Waals surface area contributed by atoms with E-state index in [1.807, 2.05) is 0 Å². The van der Waals surface area contributed by atoms with Crippen molar-refractivity contribution in [2.75, 3.05) is 13.1 Å². The molecule has 0 spiro atoms. The SMILES string of the molecule is Cl.NCCCNC(=O)c1ccc(Cl)cc1F. The Kier molecular flexibility index (Phi) is 7.05. The Morgan fingerprint density at radius 1 is 1.50 bits per heavy atom. The molecule has 0 heterocycles. The van der Waals surface area contributed by atoms with E-state index in [9.17, 15) is 9.18 Å². The molecule has 0 unspecified atom stereocenters. The molecule has 0 saturated heterocycles. The second kappa shape index (κ2) is 7.44. The van der Waals surface area contributed by atoms with Gasteiger partial charge in [-0.15, -0.1) is 12.4 Å². The molecular formula is C10H13Cl2FN2O. The van der Waals surface area contributed by atoms with Gasteiger partial charge in [0.15, 0.2) is 0 Å². The summed E-state index contributed by atoms with van der Waals surface area (Å²) in [7, 11) is 0. The van der Waals surface area contributed by atoms with Crippen molar-refractivity contribution in [3.05, 3.63) is 34.6 Å². The molecule has 3 nitrogen and oxygen atoms in total. The van der Waals surface area contributed by atoms with E-state index in [1.54, 1.807) is 0 Å². The molecule has 0 aliphatic carbocycles. The van der Waals surface area contributed by atoms with Gasteiger partial charge >= 0.3 is 0 Å². The Labute approximate surface area is 105 Å². The van der Waals surface area contributed by atoms with Crippen molar-refractivity contribution in [2.24, 2.45) is 5.73 Å². The second-order valence-corrected chi connectivity index (χ2v) is 3.46. The number of carbonyl (C=O) groups is 1. The van der Waals surface area contributed by atoms with Gasteiger partial charge in [0, 0.05) is 11.6 Å². The Morgan fingerprint density at radius 2 is 2.19 bits per heavy atom. The van der Waals surface area contributed by atoms with E-state index in [2.05, 4.69) is 5.32 Å². The molecule has 0 atom stereocenters. The number of nitrogens with one attached hydrogen (secondary N) is 1. The summed E-state index contributed by atoms with van der Waals surface area (Å²) in [6.07, 6.45) is 0.668. The fraction of sp³-hybridized carbons (Fsp3) is 0.300. The highest BCUT2D eigenvalue weighted by Crippen LogP contribution is 2.14. The smallest absolute Gasteiger partial charge is 0.254 e. The Hall–Kier alpha value is -0.840. The van der Waals surface area contributed by atoms with Gasteiger partial charge in [-0.1, -0.05) is 11.6 Å². The number of rotatable bonds is 4. The first-order valence-electron chi connectivity index (χ1n) is 4.58. The predicted molar refractivity (Wildman–Crippen MR) is 64.7 cm³/mol. The van der Waals surface area contributed by atoms with Gasteiger partial charge in [-0.3, -0.25) is 4.79 Å². The molecule has 0 aliphatic rings. The molecule has 1 amide bonds. The van der Waals surface area contributed by atoms with Crippen LogP contribution in [0.2, 0.25) is 5.02 Å². The number of amides is 1. The maximum Gasteiger partial charge on any atom is 0.254 e. The third kappa shape index (κ3) is 4.35. The highest BCUT2D eigenvalue weighted by molar-refractivity contribution is 6.30. The van der Waals surface area contributed by atoms with Crippen LogP contribution in [-0.4, -0.2) is 19.0 Å². The summed E-state index contributed by atoms with van der Waals surface area (Å²) in [6.45, 7) is 0.931. The summed E-state index contributed by atoms with van der Waals surface area (Å²) in [5.41, 5.74) is 5.26. The zero-order valence-electron chi connectivity index (χ0n) is 8.50. The molecule has 1 rings (SSSR count). The molecule has 1 aromatic carbocycles. The van der Waals surface area contributed by atoms with Gasteiger partial charge in [0.25, 0.3) is 5.91 Å². The zero-order chi connectivity index (χ0) is 11.3. The average Bonchev–Trinajstić information content (AvgIpc) is 2.17. The van der Waals surface area contributed by atoms with E-state index in [4.69, 9.17) is 17.3 Å². The van der Waals surface area contributed by atoms with Crippen molar-refractivity contribution in [1.29, 1.82) is 0 Å². The summed E-state index contributed by atoms with van der Waals surface area (Å²) in [6, 6.07) is 3.94. The second-order valence-electron chi connectivity index (χ2n) is 3.02. The highest BCUT2D eigenvalue weighted by atomic mass is 35.5. The van der Waals surface area contributed by atoms with Gasteiger partial charge in [-0.05, 0) is 31.2 Å². The number of benzene rings is 1. The molecule has 0 aromatic heterocycles. The molecule has 0 saturated carbocycles. The summed E-state index contributed by atoms with van der Waals surface area (Å²) >= 11 is 5.56. The molecule has 0 radical (unpaired) electrons. The standard InChI is InChI=1S/C10H12ClFN2O.ClH/c11-7-2-3-8(9(12)6-7)10(15)14-5-1-4-13;/h2-3,6H,1,4-5,13H2,(H,14,15);1H. The molecule has 6 heteroatoms. The van der Waals surface area contributed by atoms with Gasteiger partial charge in [0.05, 0.1) is 5.56 Å². The highest BCUT2D eigenvalue weighted by Gasteiger charge is 2.10. The summed E-state index contributed by atoms with van der Waals surface area (Å²) < 4.78 is 13.2. The van der Waals surface area contributed by atoms with Crippen molar-refractivity contribution < 1.29 is 9.18 Å². The normalized spacial score (nSPS) is 9.44. The van der Waals surface area contributed by atoms with E-state index in [-0.39, 0.29) is 23.0 Å². The third-order valence-corrected chi connectivity index (χ3v) is 2.08. The van der Waals surface area contributed by atoms with E-state index in [0.717, 1.165) is 6.07 Å². The minimum absolute atomic E-state index is 0. The van der Waals surface area contributed by atoms with E-state index >= 15 is 0 Å². The molecule has 3 N–H and O–H groups in total. The maximum atomic E-state index is 13.2. The van der Waals surface area contributed by atoms with Crippen LogP contribution < -0.4 is 11.1 Å². The van der Waals surface area contributed by atoms with E-state index in [0.29, 0.717) is 19.5 Å². The number of carbonyl (C=O) groups excluding carboxylic acids is 1. The van der Waals surface area contributed by atoms with Crippen molar-refractivity contribution in [2.45, 2.75) is 6.42 Å². The quantitative estimate of drug-likeness (QED) is 0.819. The number of halogens is 3. The van der Waals surface area contributed by atoms with Crippen LogP contribution in [-0.2, 0) is 0 Å². The van der Waals surface area contributed by atoms with Crippen molar-refractivity contribution in [3.63, 3.8) is 0 Å². The van der Waals surface area contributed by atoms with Crippen LogP contribution in [0.4, 0.5) is 4.39 Å². The Balaban J connectivity index is 0.00000225. The van der Waals surface area contributed by atoms with Gasteiger partial charge in [0.1, 0.15) is 5.82 Å². The monoisotopic (exact) mass is 266 g/mol. The average molecular weight is 267 g/mol. The molecule has 1 aromatic rings. The molecule has 0 bridgehead atoms. The van der Waals surface area contributed by atoms with Crippen LogP contribution in [0.3, 0.4) is 0 Å². The van der Waals surface area contributed by atoms with Crippen molar-refractivity contribution in [3.8, 4) is 0 Å². The largest absolute Gasteiger partial charge is 0.352 e. The van der Waals surface area contributed by atoms with Gasteiger partial charge in [-0.2, -0.15) is 0 Å². The predicted octanol–water partition coefficient (Wildman–Crippen LogP) is 1.98. The Bertz CT molecular complexity index is 361. The topological polar surface area (TPSA) is 55.1 Å².